The molecule has 112 valence electrons. The van der Waals surface area contributed by atoms with Crippen molar-refractivity contribution < 1.29 is 4.74 Å². The van der Waals surface area contributed by atoms with Gasteiger partial charge in [-0.2, -0.15) is 0 Å². The topological polar surface area (TPSA) is 47.3 Å². The van der Waals surface area contributed by atoms with E-state index in [0.717, 1.165) is 30.6 Å². The molecule has 0 saturated heterocycles. The van der Waals surface area contributed by atoms with E-state index in [9.17, 15) is 0 Å². The molecule has 0 radical (unpaired) electrons. The number of ether oxygens (including phenoxy) is 1. The van der Waals surface area contributed by atoms with Gasteiger partial charge < -0.3 is 4.74 Å². The number of hydrogen-bond donors (Lipinski definition) is 2. The lowest BCUT2D eigenvalue weighted by Gasteiger charge is -2.19. The molecule has 0 aliphatic rings. The number of methoxy groups -OCH3 is 1. The summed E-state index contributed by atoms with van der Waals surface area (Å²) in [4.78, 5) is 0. The summed E-state index contributed by atoms with van der Waals surface area (Å²) < 4.78 is 5.45. The maximum absolute atomic E-state index is 5.75. The van der Waals surface area contributed by atoms with Crippen LogP contribution in [0.2, 0.25) is 0 Å². The largest absolute Gasteiger partial charge is 0.496 e. The lowest BCUT2D eigenvalue weighted by Crippen LogP contribution is -2.28. The minimum Gasteiger partial charge on any atom is -0.496 e. The van der Waals surface area contributed by atoms with Crippen molar-refractivity contribution in [2.45, 2.75) is 32.2 Å². The smallest absolute Gasteiger partial charge is 0.123 e. The van der Waals surface area contributed by atoms with Gasteiger partial charge in [0, 0.05) is 11.6 Å². The van der Waals surface area contributed by atoms with Gasteiger partial charge in [-0.05, 0) is 37.8 Å². The minimum atomic E-state index is 0.114. The molecule has 0 saturated carbocycles. The Labute approximate surface area is 127 Å². The predicted octanol–water partition coefficient (Wildman–Crippen LogP) is 3.53. The number of hydrogen-bond acceptors (Lipinski definition) is 3. The molecule has 0 aliphatic carbocycles. The van der Waals surface area contributed by atoms with E-state index in [4.69, 9.17) is 10.6 Å². The molecular formula is C18H24N2O. The van der Waals surface area contributed by atoms with E-state index in [1.54, 1.807) is 7.11 Å². The first-order chi connectivity index (χ1) is 10.2. The van der Waals surface area contributed by atoms with E-state index in [1.165, 1.54) is 11.1 Å². The Morgan fingerprint density at radius 2 is 1.90 bits per heavy atom. The standard InChI is InChI=1S/C18H24N2O/c1-14-11-12-18(21-2)16(13-14)17(20-19)10-6-9-15-7-4-3-5-8-15/h3-5,7-8,11-13,17,20H,6,9-10,19H2,1-2H3. The van der Waals surface area contributed by atoms with Crippen LogP contribution in [-0.4, -0.2) is 7.11 Å². The Bertz CT molecular complexity index is 554. The number of hydrazine groups is 1. The third kappa shape index (κ3) is 4.31. The highest BCUT2D eigenvalue weighted by Gasteiger charge is 2.14. The van der Waals surface area contributed by atoms with Crippen LogP contribution >= 0.6 is 0 Å². The van der Waals surface area contributed by atoms with Crippen LogP contribution in [0.1, 0.15) is 35.6 Å². The van der Waals surface area contributed by atoms with E-state index in [0.29, 0.717) is 0 Å². The molecule has 3 N–H and O–H groups in total. The first-order valence-corrected chi connectivity index (χ1v) is 7.39. The van der Waals surface area contributed by atoms with Crippen LogP contribution in [0.5, 0.6) is 5.75 Å². The van der Waals surface area contributed by atoms with Crippen LogP contribution in [-0.2, 0) is 6.42 Å². The Hall–Kier alpha value is -1.84. The average molecular weight is 284 g/mol. The number of aryl methyl sites for hydroxylation is 2. The predicted molar refractivity (Wildman–Crippen MR) is 87.2 cm³/mol. The van der Waals surface area contributed by atoms with Crippen molar-refractivity contribution in [2.75, 3.05) is 7.11 Å². The summed E-state index contributed by atoms with van der Waals surface area (Å²) in [6.45, 7) is 2.08. The zero-order chi connectivity index (χ0) is 15.1. The molecule has 3 heteroatoms. The van der Waals surface area contributed by atoms with Gasteiger partial charge in [0.2, 0.25) is 0 Å². The second kappa shape index (κ2) is 7.81. The Kier molecular flexibility index (Phi) is 5.78. The molecule has 0 amide bonds. The molecular weight excluding hydrogens is 260 g/mol. The molecule has 0 bridgehead atoms. The van der Waals surface area contributed by atoms with Gasteiger partial charge >= 0.3 is 0 Å². The monoisotopic (exact) mass is 284 g/mol. The van der Waals surface area contributed by atoms with Crippen LogP contribution in [0.3, 0.4) is 0 Å². The van der Waals surface area contributed by atoms with Gasteiger partial charge in [0.15, 0.2) is 0 Å². The van der Waals surface area contributed by atoms with Crippen LogP contribution in [0.25, 0.3) is 0 Å². The van der Waals surface area contributed by atoms with Crippen LogP contribution in [0, 0.1) is 6.92 Å². The molecule has 0 aromatic heterocycles. The highest BCUT2D eigenvalue weighted by Crippen LogP contribution is 2.29. The third-order valence-electron chi connectivity index (χ3n) is 3.76. The molecule has 0 spiro atoms. The van der Waals surface area contributed by atoms with E-state index in [-0.39, 0.29) is 6.04 Å². The fourth-order valence-corrected chi connectivity index (χ4v) is 2.61. The second-order valence-electron chi connectivity index (χ2n) is 5.34. The molecule has 21 heavy (non-hydrogen) atoms. The molecule has 0 aliphatic heterocycles. The molecule has 0 fully saturated rings. The third-order valence-corrected chi connectivity index (χ3v) is 3.76. The molecule has 0 heterocycles. The second-order valence-corrected chi connectivity index (χ2v) is 5.34. The van der Waals surface area contributed by atoms with E-state index >= 15 is 0 Å². The van der Waals surface area contributed by atoms with Crippen LogP contribution in [0.4, 0.5) is 0 Å². The van der Waals surface area contributed by atoms with E-state index in [1.807, 2.05) is 12.1 Å². The summed E-state index contributed by atoms with van der Waals surface area (Å²) in [6, 6.07) is 16.9. The van der Waals surface area contributed by atoms with Gasteiger partial charge in [-0.25, -0.2) is 0 Å². The van der Waals surface area contributed by atoms with Crippen molar-refractivity contribution in [1.82, 2.24) is 5.43 Å². The highest BCUT2D eigenvalue weighted by molar-refractivity contribution is 5.39. The SMILES string of the molecule is COc1ccc(C)cc1C(CCCc1ccccc1)NN. The zero-order valence-corrected chi connectivity index (χ0v) is 12.8. The van der Waals surface area contributed by atoms with Gasteiger partial charge in [-0.3, -0.25) is 11.3 Å². The van der Waals surface area contributed by atoms with Gasteiger partial charge in [-0.1, -0.05) is 48.0 Å². The summed E-state index contributed by atoms with van der Waals surface area (Å²) in [5.74, 6) is 6.64. The van der Waals surface area contributed by atoms with Crippen LogP contribution in [0.15, 0.2) is 48.5 Å². The molecule has 2 rings (SSSR count). The number of nitrogens with two attached hydrogens (primary N) is 1. The average Bonchev–Trinajstić information content (AvgIpc) is 2.52. The molecule has 2 aromatic carbocycles. The van der Waals surface area contributed by atoms with Gasteiger partial charge in [-0.15, -0.1) is 0 Å². The van der Waals surface area contributed by atoms with Gasteiger partial charge in [0.25, 0.3) is 0 Å². The molecule has 2 aromatic rings. The van der Waals surface area contributed by atoms with Crippen molar-refractivity contribution >= 4 is 0 Å². The quantitative estimate of drug-likeness (QED) is 0.604. The summed E-state index contributed by atoms with van der Waals surface area (Å²) in [5, 5.41) is 0. The minimum absolute atomic E-state index is 0.114. The first kappa shape index (κ1) is 15.5. The lowest BCUT2D eigenvalue weighted by atomic mass is 9.97. The zero-order valence-electron chi connectivity index (χ0n) is 12.8. The van der Waals surface area contributed by atoms with Crippen LogP contribution < -0.4 is 16.0 Å². The van der Waals surface area contributed by atoms with Crippen molar-refractivity contribution in [1.29, 1.82) is 0 Å². The summed E-state index contributed by atoms with van der Waals surface area (Å²) in [5.41, 5.74) is 6.64. The molecule has 3 nitrogen and oxygen atoms in total. The number of nitrogens with one attached hydrogen (secondary N) is 1. The summed E-state index contributed by atoms with van der Waals surface area (Å²) >= 11 is 0. The maximum atomic E-state index is 5.75. The maximum Gasteiger partial charge on any atom is 0.123 e. The Morgan fingerprint density at radius 1 is 1.14 bits per heavy atom. The van der Waals surface area contributed by atoms with Gasteiger partial charge in [0.1, 0.15) is 5.75 Å². The summed E-state index contributed by atoms with van der Waals surface area (Å²) in [6.07, 6.45) is 3.12. The van der Waals surface area contributed by atoms with E-state index in [2.05, 4.69) is 48.7 Å². The normalized spacial score (nSPS) is 12.1. The highest BCUT2D eigenvalue weighted by atomic mass is 16.5. The summed E-state index contributed by atoms with van der Waals surface area (Å²) in [7, 11) is 1.70. The van der Waals surface area contributed by atoms with Crippen molar-refractivity contribution in [3.05, 3.63) is 65.2 Å². The fraction of sp³-hybridized carbons (Fsp3) is 0.333. The molecule has 1 unspecified atom stereocenters. The molecule has 1 atom stereocenters. The Morgan fingerprint density at radius 3 is 2.57 bits per heavy atom. The number of benzene rings is 2. The van der Waals surface area contributed by atoms with Crippen molar-refractivity contribution in [3.8, 4) is 5.75 Å². The van der Waals surface area contributed by atoms with E-state index < -0.39 is 0 Å². The Balaban J connectivity index is 2.01. The van der Waals surface area contributed by atoms with Crippen molar-refractivity contribution in [3.63, 3.8) is 0 Å². The number of rotatable bonds is 7. The lowest BCUT2D eigenvalue weighted by molar-refractivity contribution is 0.394. The first-order valence-electron chi connectivity index (χ1n) is 7.39. The fourth-order valence-electron chi connectivity index (χ4n) is 2.61. The van der Waals surface area contributed by atoms with Gasteiger partial charge in [0.05, 0.1) is 7.11 Å². The van der Waals surface area contributed by atoms with Crippen molar-refractivity contribution in [2.24, 2.45) is 5.84 Å².